The van der Waals surface area contributed by atoms with Crippen LogP contribution in [-0.4, -0.2) is 67.0 Å². The molecule has 0 bridgehead atoms. The van der Waals surface area contributed by atoms with E-state index in [2.05, 4.69) is 18.7 Å². The molecule has 3 aromatic rings. The number of methoxy groups -OCH3 is 2. The fourth-order valence-electron chi connectivity index (χ4n) is 4.70. The number of nitrogens with zero attached hydrogens (tertiary/aromatic N) is 2. The highest BCUT2D eigenvalue weighted by Crippen LogP contribution is 2.40. The zero-order valence-electron chi connectivity index (χ0n) is 21.1. The van der Waals surface area contributed by atoms with E-state index in [0.717, 1.165) is 19.6 Å². The van der Waals surface area contributed by atoms with Crippen LogP contribution in [0.2, 0.25) is 0 Å². The number of benzene rings is 2. The molecule has 2 heterocycles. The lowest BCUT2D eigenvalue weighted by molar-refractivity contribution is -0.129. The monoisotopic (exact) mass is 492 g/mol. The number of aliphatic hydroxyl groups is 1. The predicted molar refractivity (Wildman–Crippen MR) is 137 cm³/mol. The standard InChI is InChI=1S/C28H32N2O6/c1-5-29(6-2)15-8-16-30-24(18-11-13-20(34-3)14-12-18)23(26(32)28(30)33)25(31)22-17-19-9-7-10-21(35-4)27(19)36-22/h7,9-14,17,24,32H,5-6,8,15-16H2,1-4H3. The lowest BCUT2D eigenvalue weighted by Crippen LogP contribution is -2.34. The molecule has 1 aromatic heterocycles. The van der Waals surface area contributed by atoms with Crippen molar-refractivity contribution in [2.45, 2.75) is 26.3 Å². The Balaban J connectivity index is 1.72. The van der Waals surface area contributed by atoms with Gasteiger partial charge in [0, 0.05) is 11.9 Å². The van der Waals surface area contributed by atoms with Crippen LogP contribution < -0.4 is 9.47 Å². The summed E-state index contributed by atoms with van der Waals surface area (Å²) in [5, 5.41) is 11.6. The molecule has 1 N–H and O–H groups in total. The summed E-state index contributed by atoms with van der Waals surface area (Å²) in [4.78, 5) is 30.8. The molecule has 1 amide bonds. The molecular formula is C28H32N2O6. The molecule has 0 fully saturated rings. The van der Waals surface area contributed by atoms with Crippen molar-refractivity contribution in [1.82, 2.24) is 9.80 Å². The van der Waals surface area contributed by atoms with Crippen LogP contribution in [0.15, 0.2) is 64.3 Å². The van der Waals surface area contributed by atoms with Gasteiger partial charge < -0.3 is 28.8 Å². The van der Waals surface area contributed by atoms with Crippen molar-refractivity contribution >= 4 is 22.7 Å². The van der Waals surface area contributed by atoms with E-state index in [1.807, 2.05) is 18.2 Å². The Morgan fingerprint density at radius 1 is 1.08 bits per heavy atom. The summed E-state index contributed by atoms with van der Waals surface area (Å²) in [7, 11) is 3.10. The molecule has 0 saturated carbocycles. The number of carbonyl (C=O) groups is 2. The Morgan fingerprint density at radius 2 is 1.81 bits per heavy atom. The first-order valence-electron chi connectivity index (χ1n) is 12.1. The fraction of sp³-hybridized carbons (Fsp3) is 0.357. The SMILES string of the molecule is CCN(CC)CCCN1C(=O)C(O)=C(C(=O)c2cc3cccc(OC)c3o2)C1c1ccc(OC)cc1. The molecule has 190 valence electrons. The summed E-state index contributed by atoms with van der Waals surface area (Å²) in [5.41, 5.74) is 1.14. The molecule has 36 heavy (non-hydrogen) atoms. The average Bonchev–Trinajstić information content (AvgIpc) is 3.45. The smallest absolute Gasteiger partial charge is 0.290 e. The molecule has 0 radical (unpaired) electrons. The molecule has 0 spiro atoms. The van der Waals surface area contributed by atoms with Gasteiger partial charge in [0.2, 0.25) is 5.78 Å². The van der Waals surface area contributed by atoms with Gasteiger partial charge in [-0.3, -0.25) is 9.59 Å². The molecule has 0 saturated heterocycles. The van der Waals surface area contributed by atoms with Crippen LogP contribution in [0.5, 0.6) is 11.5 Å². The van der Waals surface area contributed by atoms with E-state index in [1.54, 1.807) is 42.3 Å². The number of hydrogen-bond acceptors (Lipinski definition) is 7. The highest BCUT2D eigenvalue weighted by molar-refractivity contribution is 6.16. The van der Waals surface area contributed by atoms with Crippen LogP contribution in [0, 0.1) is 0 Å². The summed E-state index contributed by atoms with van der Waals surface area (Å²) >= 11 is 0. The molecule has 4 rings (SSSR count). The average molecular weight is 493 g/mol. The second-order valence-electron chi connectivity index (χ2n) is 8.64. The third-order valence-corrected chi connectivity index (χ3v) is 6.70. The molecule has 0 aliphatic carbocycles. The van der Waals surface area contributed by atoms with Gasteiger partial charge >= 0.3 is 0 Å². The molecule has 1 aliphatic heterocycles. The third kappa shape index (κ3) is 4.68. The topological polar surface area (TPSA) is 92.5 Å². The Morgan fingerprint density at radius 3 is 2.44 bits per heavy atom. The number of para-hydroxylation sites is 1. The van der Waals surface area contributed by atoms with E-state index in [9.17, 15) is 14.7 Å². The van der Waals surface area contributed by atoms with Crippen molar-refractivity contribution < 1.29 is 28.6 Å². The summed E-state index contributed by atoms with van der Waals surface area (Å²) < 4.78 is 16.5. The Bertz CT molecular complexity index is 1270. The number of carbonyl (C=O) groups excluding carboxylic acids is 2. The Kier molecular flexibility index (Phi) is 7.64. The van der Waals surface area contributed by atoms with Crippen molar-refractivity contribution in [3.05, 3.63) is 71.2 Å². The lowest BCUT2D eigenvalue weighted by atomic mass is 9.95. The first kappa shape index (κ1) is 25.3. The first-order chi connectivity index (χ1) is 17.4. The highest BCUT2D eigenvalue weighted by atomic mass is 16.5. The normalized spacial score (nSPS) is 15.9. The maximum Gasteiger partial charge on any atom is 0.290 e. The van der Waals surface area contributed by atoms with Crippen LogP contribution in [0.4, 0.5) is 0 Å². The van der Waals surface area contributed by atoms with Gasteiger partial charge in [-0.2, -0.15) is 0 Å². The number of aliphatic hydroxyl groups excluding tert-OH is 1. The summed E-state index contributed by atoms with van der Waals surface area (Å²) in [6.07, 6.45) is 0.705. The molecule has 8 heteroatoms. The zero-order valence-corrected chi connectivity index (χ0v) is 21.1. The van der Waals surface area contributed by atoms with Crippen LogP contribution >= 0.6 is 0 Å². The largest absolute Gasteiger partial charge is 0.503 e. The lowest BCUT2D eigenvalue weighted by Gasteiger charge is -2.28. The van der Waals surface area contributed by atoms with Gasteiger partial charge in [-0.1, -0.05) is 38.1 Å². The van der Waals surface area contributed by atoms with Crippen LogP contribution in [-0.2, 0) is 4.79 Å². The predicted octanol–water partition coefficient (Wildman–Crippen LogP) is 4.76. The molecular weight excluding hydrogens is 460 g/mol. The van der Waals surface area contributed by atoms with Crippen molar-refractivity contribution in [3.8, 4) is 11.5 Å². The maximum atomic E-state index is 13.7. The molecule has 8 nitrogen and oxygen atoms in total. The van der Waals surface area contributed by atoms with Gasteiger partial charge in [-0.15, -0.1) is 0 Å². The number of fused-ring (bicyclic) bond motifs is 1. The number of amides is 1. The Labute approximate surface area is 210 Å². The minimum absolute atomic E-state index is 0.00558. The number of hydrogen-bond donors (Lipinski definition) is 1. The van der Waals surface area contributed by atoms with Gasteiger partial charge in [-0.05, 0) is 55.9 Å². The third-order valence-electron chi connectivity index (χ3n) is 6.70. The zero-order chi connectivity index (χ0) is 25.8. The van der Waals surface area contributed by atoms with Gasteiger partial charge in [0.05, 0.1) is 25.8 Å². The number of Topliss-reactive ketones (excluding diaryl/α,β-unsaturated/α-hetero) is 1. The van der Waals surface area contributed by atoms with E-state index in [4.69, 9.17) is 13.9 Å². The second-order valence-corrected chi connectivity index (χ2v) is 8.64. The fourth-order valence-corrected chi connectivity index (χ4v) is 4.70. The summed E-state index contributed by atoms with van der Waals surface area (Å²) in [5.74, 6) is -0.458. The minimum Gasteiger partial charge on any atom is -0.503 e. The maximum absolute atomic E-state index is 13.7. The van der Waals surface area contributed by atoms with Crippen molar-refractivity contribution in [2.75, 3.05) is 40.4 Å². The van der Waals surface area contributed by atoms with E-state index in [-0.39, 0.29) is 11.3 Å². The van der Waals surface area contributed by atoms with Gasteiger partial charge in [0.25, 0.3) is 5.91 Å². The number of rotatable bonds is 11. The van der Waals surface area contributed by atoms with E-state index >= 15 is 0 Å². The van der Waals surface area contributed by atoms with E-state index in [0.29, 0.717) is 41.0 Å². The minimum atomic E-state index is -0.747. The first-order valence-corrected chi connectivity index (χ1v) is 12.1. The van der Waals surface area contributed by atoms with E-state index in [1.165, 1.54) is 7.11 Å². The highest BCUT2D eigenvalue weighted by Gasteiger charge is 2.44. The van der Waals surface area contributed by atoms with Crippen molar-refractivity contribution in [2.24, 2.45) is 0 Å². The van der Waals surface area contributed by atoms with Gasteiger partial charge in [0.1, 0.15) is 5.75 Å². The Hall–Kier alpha value is -3.78. The van der Waals surface area contributed by atoms with Crippen LogP contribution in [0.25, 0.3) is 11.0 Å². The quantitative estimate of drug-likeness (QED) is 0.386. The van der Waals surface area contributed by atoms with Crippen LogP contribution in [0.1, 0.15) is 42.4 Å². The molecule has 1 unspecified atom stereocenters. The number of ether oxygens (including phenoxy) is 2. The van der Waals surface area contributed by atoms with Gasteiger partial charge in [-0.25, -0.2) is 0 Å². The summed E-state index contributed by atoms with van der Waals surface area (Å²) in [6.45, 7) is 7.21. The van der Waals surface area contributed by atoms with Crippen molar-refractivity contribution in [1.29, 1.82) is 0 Å². The number of furan rings is 1. The van der Waals surface area contributed by atoms with Crippen LogP contribution in [0.3, 0.4) is 0 Å². The summed E-state index contributed by atoms with van der Waals surface area (Å²) in [6, 6.07) is 13.4. The molecule has 2 aromatic carbocycles. The van der Waals surface area contributed by atoms with E-state index < -0.39 is 23.5 Å². The second kappa shape index (κ2) is 10.9. The molecule has 1 atom stereocenters. The van der Waals surface area contributed by atoms with Gasteiger partial charge in [0.15, 0.2) is 22.9 Å². The molecule has 1 aliphatic rings. The van der Waals surface area contributed by atoms with Crippen molar-refractivity contribution in [3.63, 3.8) is 0 Å². The number of ketones is 1.